The second-order valence-electron chi connectivity index (χ2n) is 12.1. The normalized spacial score (nSPS) is 32.3. The second-order valence-corrected chi connectivity index (χ2v) is 12.1. The van der Waals surface area contributed by atoms with E-state index >= 15 is 0 Å². The average molecular weight is 521 g/mol. The Kier molecular flexibility index (Phi) is 7.25. The Morgan fingerprint density at radius 1 is 1.03 bits per heavy atom. The summed E-state index contributed by atoms with van der Waals surface area (Å²) in [6, 6.07) is 9.39. The molecule has 0 spiro atoms. The molecule has 4 fully saturated rings. The Morgan fingerprint density at radius 2 is 1.71 bits per heavy atom. The largest absolute Gasteiger partial charge is 0.481 e. The predicted octanol–water partition coefficient (Wildman–Crippen LogP) is 5.11. The number of hydrogen-bond acceptors (Lipinski definition) is 6. The van der Waals surface area contributed by atoms with E-state index < -0.39 is 11.9 Å². The molecular formula is C30H40N4O4. The molecule has 6 rings (SSSR count). The quantitative estimate of drug-likeness (QED) is 0.402. The van der Waals surface area contributed by atoms with Crippen molar-refractivity contribution in [3.63, 3.8) is 0 Å². The number of oxime groups is 1. The monoisotopic (exact) mass is 520 g/mol. The molecule has 38 heavy (non-hydrogen) atoms. The summed E-state index contributed by atoms with van der Waals surface area (Å²) in [5, 5.41) is 13.7. The summed E-state index contributed by atoms with van der Waals surface area (Å²) in [5.41, 5.74) is 1.29. The highest BCUT2D eigenvalue weighted by molar-refractivity contribution is 5.81. The van der Waals surface area contributed by atoms with Gasteiger partial charge in [0.25, 0.3) is 5.56 Å². The maximum atomic E-state index is 14.0. The van der Waals surface area contributed by atoms with Crippen molar-refractivity contribution in [3.05, 3.63) is 40.3 Å². The van der Waals surface area contributed by atoms with Crippen molar-refractivity contribution in [2.45, 2.75) is 107 Å². The highest BCUT2D eigenvalue weighted by Gasteiger charge is 2.45. The van der Waals surface area contributed by atoms with Gasteiger partial charge in [0.1, 0.15) is 18.7 Å². The van der Waals surface area contributed by atoms with Gasteiger partial charge in [-0.3, -0.25) is 14.5 Å². The van der Waals surface area contributed by atoms with E-state index in [0.29, 0.717) is 23.6 Å². The summed E-state index contributed by atoms with van der Waals surface area (Å²) < 4.78 is 1.90. The molecule has 2 saturated carbocycles. The van der Waals surface area contributed by atoms with Crippen molar-refractivity contribution in [1.82, 2.24) is 14.5 Å². The number of benzene rings is 1. The lowest BCUT2D eigenvalue weighted by molar-refractivity contribution is -0.138. The fourth-order valence-electron chi connectivity index (χ4n) is 8.45. The van der Waals surface area contributed by atoms with Gasteiger partial charge in [-0.2, -0.15) is 0 Å². The molecule has 1 N–H and O–H groups in total. The summed E-state index contributed by atoms with van der Waals surface area (Å²) in [6.07, 6.45) is 15.3. The highest BCUT2D eigenvalue weighted by Crippen LogP contribution is 2.47. The molecule has 3 heterocycles. The van der Waals surface area contributed by atoms with Crippen LogP contribution in [-0.4, -0.2) is 57.0 Å². The fraction of sp³-hybridized carbons (Fsp3) is 0.667. The Bertz CT molecular complexity index is 1230. The topological polar surface area (TPSA) is 97.0 Å². The van der Waals surface area contributed by atoms with Crippen LogP contribution in [0.25, 0.3) is 11.0 Å². The summed E-state index contributed by atoms with van der Waals surface area (Å²) in [5.74, 6) is -0.350. The van der Waals surface area contributed by atoms with Crippen LogP contribution in [0.5, 0.6) is 0 Å². The molecule has 8 nitrogen and oxygen atoms in total. The first-order chi connectivity index (χ1) is 18.5. The number of aliphatic carboxylic acids is 1. The molecule has 2 aromatic rings. The number of hydrogen-bond donors (Lipinski definition) is 1. The van der Waals surface area contributed by atoms with Crippen molar-refractivity contribution >= 4 is 23.2 Å². The molecule has 6 atom stereocenters. The molecule has 0 amide bonds. The standard InChI is InChI=1S/C30H40N4O4/c1-38-31-13-12-25(30(36)37)28-29(35)34(27-11-3-2-10-26(27)32-28)24-17-21-8-5-9-22(18-24)33(21)23-15-19-6-4-7-20(14-19)16-23/h2-3,10-11,13,19-25H,4-9,12,14-18H2,1H3,(H,36,37)/b31-13+/t19?,20?,21-,22?,23?,24?,25?/m1/s1. The average Bonchev–Trinajstić information content (AvgIpc) is 2.90. The maximum Gasteiger partial charge on any atom is 0.313 e. The van der Waals surface area contributed by atoms with E-state index in [-0.39, 0.29) is 23.7 Å². The minimum absolute atomic E-state index is 0.0471. The van der Waals surface area contributed by atoms with Crippen molar-refractivity contribution in [2.24, 2.45) is 17.0 Å². The zero-order valence-corrected chi connectivity index (χ0v) is 22.4. The maximum absolute atomic E-state index is 14.0. The van der Waals surface area contributed by atoms with Gasteiger partial charge in [0.2, 0.25) is 0 Å². The van der Waals surface area contributed by atoms with Crippen molar-refractivity contribution in [1.29, 1.82) is 0 Å². The van der Waals surface area contributed by atoms with E-state index in [2.05, 4.69) is 15.0 Å². The third-order valence-corrected chi connectivity index (χ3v) is 9.86. The van der Waals surface area contributed by atoms with Gasteiger partial charge >= 0.3 is 5.97 Å². The first-order valence-corrected chi connectivity index (χ1v) is 14.6. The van der Waals surface area contributed by atoms with Gasteiger partial charge < -0.3 is 14.5 Å². The number of nitrogens with zero attached hydrogens (tertiary/aromatic N) is 4. The van der Waals surface area contributed by atoms with E-state index in [1.807, 2.05) is 28.8 Å². The molecule has 2 saturated heterocycles. The van der Waals surface area contributed by atoms with E-state index in [1.54, 1.807) is 0 Å². The molecule has 1 aromatic heterocycles. The summed E-state index contributed by atoms with van der Waals surface area (Å²) in [4.78, 5) is 38.5. The number of carboxylic acid groups (broad SMARTS) is 1. The number of rotatable bonds is 7. The highest BCUT2D eigenvalue weighted by atomic mass is 16.6. The van der Waals surface area contributed by atoms with Crippen LogP contribution in [0.15, 0.2) is 34.2 Å². The molecule has 5 unspecified atom stereocenters. The number of carboxylic acids is 1. The van der Waals surface area contributed by atoms with Gasteiger partial charge in [0.15, 0.2) is 0 Å². The lowest BCUT2D eigenvalue weighted by Crippen LogP contribution is -2.58. The van der Waals surface area contributed by atoms with Gasteiger partial charge in [0, 0.05) is 36.8 Å². The van der Waals surface area contributed by atoms with Gasteiger partial charge in [0.05, 0.1) is 11.0 Å². The molecular weight excluding hydrogens is 480 g/mol. The summed E-state index contributed by atoms with van der Waals surface area (Å²) >= 11 is 0. The Hall–Kier alpha value is -2.74. The molecule has 204 valence electrons. The molecule has 4 bridgehead atoms. The zero-order chi connectivity index (χ0) is 26.2. The molecule has 2 aliphatic heterocycles. The fourth-order valence-corrected chi connectivity index (χ4v) is 8.45. The third-order valence-electron chi connectivity index (χ3n) is 9.86. The van der Waals surface area contributed by atoms with E-state index in [1.165, 1.54) is 71.1 Å². The first-order valence-electron chi connectivity index (χ1n) is 14.6. The first kappa shape index (κ1) is 25.5. The number of fused-ring (bicyclic) bond motifs is 5. The Morgan fingerprint density at radius 3 is 2.39 bits per heavy atom. The number of para-hydroxylation sites is 2. The lowest BCUT2D eigenvalue weighted by Gasteiger charge is -2.55. The van der Waals surface area contributed by atoms with Crippen LogP contribution in [0.4, 0.5) is 0 Å². The smallest absolute Gasteiger partial charge is 0.313 e. The predicted molar refractivity (Wildman–Crippen MR) is 147 cm³/mol. The van der Waals surface area contributed by atoms with Crippen molar-refractivity contribution in [2.75, 3.05) is 7.11 Å². The Balaban J connectivity index is 1.35. The third kappa shape index (κ3) is 4.76. The van der Waals surface area contributed by atoms with Crippen LogP contribution in [0, 0.1) is 11.8 Å². The molecule has 1 aromatic carbocycles. The van der Waals surface area contributed by atoms with E-state index in [9.17, 15) is 14.7 Å². The van der Waals surface area contributed by atoms with Crippen LogP contribution in [-0.2, 0) is 9.63 Å². The lowest BCUT2D eigenvalue weighted by atomic mass is 9.68. The molecule has 8 heteroatoms. The SMILES string of the molecule is CO/N=C/CC(C(=O)O)c1nc2ccccc2n(C2CC3CCC[C@H](C2)N3C2CC3CCCC(C3)C2)c1=O. The minimum atomic E-state index is -1.08. The molecule has 0 radical (unpaired) electrons. The molecule has 4 aliphatic rings. The number of aromatic nitrogens is 2. The van der Waals surface area contributed by atoms with Gasteiger partial charge in [-0.1, -0.05) is 43.0 Å². The van der Waals surface area contributed by atoms with Crippen molar-refractivity contribution < 1.29 is 14.7 Å². The van der Waals surface area contributed by atoms with Crippen LogP contribution < -0.4 is 5.56 Å². The summed E-state index contributed by atoms with van der Waals surface area (Å²) in [7, 11) is 1.41. The minimum Gasteiger partial charge on any atom is -0.481 e. The zero-order valence-electron chi connectivity index (χ0n) is 22.4. The van der Waals surface area contributed by atoms with Gasteiger partial charge in [-0.05, 0) is 68.9 Å². The Labute approximate surface area is 224 Å². The number of piperidine rings is 2. The summed E-state index contributed by atoms with van der Waals surface area (Å²) in [6.45, 7) is 0. The van der Waals surface area contributed by atoms with Crippen LogP contribution >= 0.6 is 0 Å². The van der Waals surface area contributed by atoms with Gasteiger partial charge in [-0.15, -0.1) is 0 Å². The van der Waals surface area contributed by atoms with Crippen molar-refractivity contribution in [3.8, 4) is 0 Å². The van der Waals surface area contributed by atoms with Crippen LogP contribution in [0.2, 0.25) is 0 Å². The number of carbonyl (C=O) groups is 1. The molecule has 2 aliphatic carbocycles. The van der Waals surface area contributed by atoms with E-state index in [0.717, 1.165) is 30.2 Å². The van der Waals surface area contributed by atoms with Crippen LogP contribution in [0.1, 0.15) is 94.7 Å². The second kappa shape index (κ2) is 10.8. The van der Waals surface area contributed by atoms with Crippen LogP contribution in [0.3, 0.4) is 0 Å². The van der Waals surface area contributed by atoms with Gasteiger partial charge in [-0.25, -0.2) is 4.98 Å². The van der Waals surface area contributed by atoms with E-state index in [4.69, 9.17) is 4.84 Å².